The summed E-state index contributed by atoms with van der Waals surface area (Å²) in [5.74, 6) is 0.619. The lowest BCUT2D eigenvalue weighted by atomic mass is 10.1. The molecule has 1 heterocycles. The molecule has 1 aromatic rings. The number of hydrogen-bond donors (Lipinski definition) is 2. The molecule has 0 aliphatic carbocycles. The standard InChI is InChI=1S/C12H24N4O/c1-6-9(7-2)14-11-16-15-10(17-11)8-13-12(3,4)5/h9,13H,6-8H2,1-5H3,(H,14,16). The van der Waals surface area contributed by atoms with Crippen molar-refractivity contribution in [2.24, 2.45) is 0 Å². The molecule has 0 saturated heterocycles. The van der Waals surface area contributed by atoms with Crippen molar-refractivity contribution in [1.82, 2.24) is 15.5 Å². The third kappa shape index (κ3) is 5.17. The van der Waals surface area contributed by atoms with Gasteiger partial charge in [-0.1, -0.05) is 18.9 Å². The Balaban J connectivity index is 2.48. The SMILES string of the molecule is CCC(CC)Nc1nnc(CNC(C)(C)C)o1. The highest BCUT2D eigenvalue weighted by Crippen LogP contribution is 2.11. The van der Waals surface area contributed by atoms with Gasteiger partial charge < -0.3 is 15.1 Å². The average Bonchev–Trinajstić information content (AvgIpc) is 2.70. The largest absolute Gasteiger partial charge is 0.407 e. The lowest BCUT2D eigenvalue weighted by Gasteiger charge is -2.18. The van der Waals surface area contributed by atoms with Gasteiger partial charge in [-0.05, 0) is 33.6 Å². The van der Waals surface area contributed by atoms with Gasteiger partial charge >= 0.3 is 6.01 Å². The maximum absolute atomic E-state index is 5.52. The van der Waals surface area contributed by atoms with E-state index in [2.05, 4.69) is 55.4 Å². The summed E-state index contributed by atoms with van der Waals surface area (Å²) in [6, 6.07) is 0.920. The van der Waals surface area contributed by atoms with E-state index in [1.807, 2.05) is 0 Å². The third-order valence-electron chi connectivity index (χ3n) is 2.55. The van der Waals surface area contributed by atoms with Crippen molar-refractivity contribution in [2.75, 3.05) is 5.32 Å². The van der Waals surface area contributed by atoms with Crippen molar-refractivity contribution >= 4 is 6.01 Å². The van der Waals surface area contributed by atoms with Gasteiger partial charge in [0.15, 0.2) is 0 Å². The zero-order valence-corrected chi connectivity index (χ0v) is 11.5. The first-order chi connectivity index (χ1) is 7.94. The second-order valence-corrected chi connectivity index (χ2v) is 5.26. The van der Waals surface area contributed by atoms with Gasteiger partial charge in [-0.25, -0.2) is 0 Å². The molecule has 0 unspecified atom stereocenters. The van der Waals surface area contributed by atoms with Gasteiger partial charge in [-0.3, -0.25) is 0 Å². The van der Waals surface area contributed by atoms with Crippen molar-refractivity contribution in [3.8, 4) is 0 Å². The maximum atomic E-state index is 5.52. The van der Waals surface area contributed by atoms with E-state index in [0.29, 0.717) is 24.5 Å². The third-order valence-corrected chi connectivity index (χ3v) is 2.55. The first kappa shape index (κ1) is 14.0. The second-order valence-electron chi connectivity index (χ2n) is 5.26. The fourth-order valence-electron chi connectivity index (χ4n) is 1.39. The highest BCUT2D eigenvalue weighted by Gasteiger charge is 2.13. The van der Waals surface area contributed by atoms with Crippen LogP contribution >= 0.6 is 0 Å². The van der Waals surface area contributed by atoms with Crippen LogP contribution in [0.3, 0.4) is 0 Å². The molecule has 1 rings (SSSR count). The molecular weight excluding hydrogens is 216 g/mol. The minimum Gasteiger partial charge on any atom is -0.407 e. The second kappa shape index (κ2) is 6.00. The fraction of sp³-hybridized carbons (Fsp3) is 0.833. The van der Waals surface area contributed by atoms with Gasteiger partial charge in [-0.2, -0.15) is 0 Å². The minimum atomic E-state index is 0.0530. The molecule has 0 aliphatic rings. The molecule has 5 nitrogen and oxygen atoms in total. The van der Waals surface area contributed by atoms with E-state index in [9.17, 15) is 0 Å². The molecule has 1 aromatic heterocycles. The Morgan fingerprint density at radius 3 is 2.35 bits per heavy atom. The Morgan fingerprint density at radius 1 is 1.18 bits per heavy atom. The predicted molar refractivity (Wildman–Crippen MR) is 68.9 cm³/mol. The van der Waals surface area contributed by atoms with Crippen LogP contribution < -0.4 is 10.6 Å². The summed E-state index contributed by atoms with van der Waals surface area (Å²) in [5, 5.41) is 14.5. The molecule has 98 valence electrons. The summed E-state index contributed by atoms with van der Waals surface area (Å²) in [7, 11) is 0. The summed E-state index contributed by atoms with van der Waals surface area (Å²) < 4.78 is 5.52. The maximum Gasteiger partial charge on any atom is 0.315 e. The summed E-state index contributed by atoms with van der Waals surface area (Å²) in [5.41, 5.74) is 0.0530. The van der Waals surface area contributed by atoms with Gasteiger partial charge in [0.2, 0.25) is 5.89 Å². The lowest BCUT2D eigenvalue weighted by Crippen LogP contribution is -2.35. The van der Waals surface area contributed by atoms with Crippen LogP contribution in [0.2, 0.25) is 0 Å². The van der Waals surface area contributed by atoms with Crippen molar-refractivity contribution in [1.29, 1.82) is 0 Å². The topological polar surface area (TPSA) is 63.0 Å². The van der Waals surface area contributed by atoms with Crippen LogP contribution in [0.1, 0.15) is 53.4 Å². The molecule has 0 amide bonds. The predicted octanol–water partition coefficient (Wildman–Crippen LogP) is 2.56. The first-order valence-corrected chi connectivity index (χ1v) is 6.28. The van der Waals surface area contributed by atoms with E-state index in [-0.39, 0.29) is 5.54 Å². The van der Waals surface area contributed by atoms with Gasteiger partial charge in [-0.15, -0.1) is 5.10 Å². The molecular formula is C12H24N4O. The van der Waals surface area contributed by atoms with Crippen LogP contribution in [-0.4, -0.2) is 21.8 Å². The Bertz CT molecular complexity index is 325. The monoisotopic (exact) mass is 240 g/mol. The molecule has 0 aliphatic heterocycles. The molecule has 0 saturated carbocycles. The van der Waals surface area contributed by atoms with E-state index in [1.165, 1.54) is 0 Å². The molecule has 0 spiro atoms. The highest BCUT2D eigenvalue weighted by atomic mass is 16.4. The Hall–Kier alpha value is -1.10. The van der Waals surface area contributed by atoms with Crippen molar-refractivity contribution in [3.63, 3.8) is 0 Å². The molecule has 0 aromatic carbocycles. The quantitative estimate of drug-likeness (QED) is 0.800. The number of aromatic nitrogens is 2. The fourth-order valence-corrected chi connectivity index (χ4v) is 1.39. The Morgan fingerprint density at radius 2 is 1.82 bits per heavy atom. The van der Waals surface area contributed by atoms with Crippen LogP contribution in [0, 0.1) is 0 Å². The smallest absolute Gasteiger partial charge is 0.315 e. The van der Waals surface area contributed by atoms with Crippen molar-refractivity contribution in [3.05, 3.63) is 5.89 Å². The summed E-state index contributed by atoms with van der Waals surface area (Å²) in [4.78, 5) is 0. The van der Waals surface area contributed by atoms with Gasteiger partial charge in [0, 0.05) is 11.6 Å². The molecule has 0 radical (unpaired) electrons. The van der Waals surface area contributed by atoms with E-state index in [0.717, 1.165) is 12.8 Å². The number of rotatable bonds is 6. The van der Waals surface area contributed by atoms with Gasteiger partial charge in [0.25, 0.3) is 0 Å². The van der Waals surface area contributed by atoms with E-state index >= 15 is 0 Å². The molecule has 0 bridgehead atoms. The van der Waals surface area contributed by atoms with E-state index in [1.54, 1.807) is 0 Å². The molecule has 0 atom stereocenters. The number of nitrogens with zero attached hydrogens (tertiary/aromatic N) is 2. The molecule has 2 N–H and O–H groups in total. The van der Waals surface area contributed by atoms with Crippen LogP contribution in [0.15, 0.2) is 4.42 Å². The van der Waals surface area contributed by atoms with Crippen LogP contribution in [0.25, 0.3) is 0 Å². The summed E-state index contributed by atoms with van der Waals surface area (Å²) in [6.45, 7) is 11.2. The highest BCUT2D eigenvalue weighted by molar-refractivity contribution is 5.19. The first-order valence-electron chi connectivity index (χ1n) is 6.28. The normalized spacial score (nSPS) is 12.1. The molecule has 5 heteroatoms. The van der Waals surface area contributed by atoms with Gasteiger partial charge in [0.05, 0.1) is 6.54 Å². The van der Waals surface area contributed by atoms with Crippen LogP contribution in [-0.2, 0) is 6.54 Å². The van der Waals surface area contributed by atoms with Crippen LogP contribution in [0.5, 0.6) is 0 Å². The number of nitrogens with one attached hydrogen (secondary N) is 2. The Kier molecular flexibility index (Phi) is 4.93. The summed E-state index contributed by atoms with van der Waals surface area (Å²) >= 11 is 0. The number of hydrogen-bond acceptors (Lipinski definition) is 5. The van der Waals surface area contributed by atoms with Gasteiger partial charge in [0.1, 0.15) is 0 Å². The molecule has 17 heavy (non-hydrogen) atoms. The van der Waals surface area contributed by atoms with E-state index < -0.39 is 0 Å². The number of anilines is 1. The Labute approximate surface area is 103 Å². The zero-order valence-electron chi connectivity index (χ0n) is 11.5. The lowest BCUT2D eigenvalue weighted by molar-refractivity contribution is 0.383. The van der Waals surface area contributed by atoms with Crippen molar-refractivity contribution < 1.29 is 4.42 Å². The zero-order chi connectivity index (χ0) is 12.9. The average molecular weight is 240 g/mol. The van der Waals surface area contributed by atoms with Crippen molar-refractivity contribution in [2.45, 2.75) is 65.6 Å². The van der Waals surface area contributed by atoms with Crippen LogP contribution in [0.4, 0.5) is 6.01 Å². The van der Waals surface area contributed by atoms with E-state index in [4.69, 9.17) is 4.42 Å². The minimum absolute atomic E-state index is 0.0530. The molecule has 0 fully saturated rings. The summed E-state index contributed by atoms with van der Waals surface area (Å²) in [6.07, 6.45) is 2.10.